The molecule has 3 amide bonds. The third-order valence-corrected chi connectivity index (χ3v) is 6.25. The Kier molecular flexibility index (Phi) is 6.94. The number of amides is 3. The van der Waals surface area contributed by atoms with Gasteiger partial charge in [0.15, 0.2) is 0 Å². The zero-order valence-electron chi connectivity index (χ0n) is 17.5. The van der Waals surface area contributed by atoms with E-state index in [1.54, 1.807) is 0 Å². The zero-order valence-corrected chi connectivity index (χ0v) is 17.5. The lowest BCUT2D eigenvalue weighted by atomic mass is 9.94. The van der Waals surface area contributed by atoms with Crippen molar-refractivity contribution in [3.8, 4) is 0 Å². The van der Waals surface area contributed by atoms with E-state index in [4.69, 9.17) is 0 Å². The molecule has 0 bridgehead atoms. The second kappa shape index (κ2) is 9.41. The SMILES string of the molecule is CCN(C)C(=O)C(C1CCCC1)N1CCN(C(=O)Nc2ccc(C)cc2)CC1. The van der Waals surface area contributed by atoms with Gasteiger partial charge in [-0.3, -0.25) is 9.69 Å². The molecule has 1 aromatic carbocycles. The van der Waals surface area contributed by atoms with E-state index in [9.17, 15) is 9.59 Å². The van der Waals surface area contributed by atoms with Crippen molar-refractivity contribution in [1.82, 2.24) is 14.7 Å². The van der Waals surface area contributed by atoms with Crippen molar-refractivity contribution in [3.05, 3.63) is 29.8 Å². The minimum atomic E-state index is -0.0575. The van der Waals surface area contributed by atoms with E-state index in [-0.39, 0.29) is 18.0 Å². The van der Waals surface area contributed by atoms with Gasteiger partial charge < -0.3 is 15.1 Å². The first kappa shape index (κ1) is 20.6. The van der Waals surface area contributed by atoms with Gasteiger partial charge in [-0.1, -0.05) is 30.5 Å². The van der Waals surface area contributed by atoms with Gasteiger partial charge in [-0.15, -0.1) is 0 Å². The molecule has 1 N–H and O–H groups in total. The summed E-state index contributed by atoms with van der Waals surface area (Å²) in [5.74, 6) is 0.696. The van der Waals surface area contributed by atoms with Crippen molar-refractivity contribution < 1.29 is 9.59 Å². The minimum Gasteiger partial charge on any atom is -0.345 e. The van der Waals surface area contributed by atoms with Gasteiger partial charge in [0.2, 0.25) is 5.91 Å². The Morgan fingerprint density at radius 3 is 2.29 bits per heavy atom. The molecule has 0 spiro atoms. The van der Waals surface area contributed by atoms with E-state index in [0.29, 0.717) is 19.0 Å². The van der Waals surface area contributed by atoms with Crippen LogP contribution in [0.4, 0.5) is 10.5 Å². The van der Waals surface area contributed by atoms with Crippen LogP contribution < -0.4 is 5.32 Å². The molecular weight excluding hydrogens is 352 g/mol. The van der Waals surface area contributed by atoms with Crippen molar-refractivity contribution in [2.24, 2.45) is 5.92 Å². The van der Waals surface area contributed by atoms with Gasteiger partial charge in [0, 0.05) is 45.5 Å². The van der Waals surface area contributed by atoms with Gasteiger partial charge in [0.25, 0.3) is 0 Å². The van der Waals surface area contributed by atoms with Crippen molar-refractivity contribution in [1.29, 1.82) is 0 Å². The summed E-state index contributed by atoms with van der Waals surface area (Å²) in [4.78, 5) is 31.7. The summed E-state index contributed by atoms with van der Waals surface area (Å²) in [5, 5.41) is 2.98. The van der Waals surface area contributed by atoms with Crippen LogP contribution in [-0.4, -0.2) is 72.5 Å². The molecule has 1 aliphatic carbocycles. The number of carbonyl (C=O) groups is 2. The van der Waals surface area contributed by atoms with Gasteiger partial charge in [-0.25, -0.2) is 4.79 Å². The molecule has 1 saturated carbocycles. The first-order chi connectivity index (χ1) is 13.5. The summed E-state index contributed by atoms with van der Waals surface area (Å²) in [6.45, 7) is 7.62. The van der Waals surface area contributed by atoms with E-state index >= 15 is 0 Å². The number of likely N-dealkylation sites (N-methyl/N-ethyl adjacent to an activating group) is 1. The van der Waals surface area contributed by atoms with Gasteiger partial charge in [-0.2, -0.15) is 0 Å². The smallest absolute Gasteiger partial charge is 0.321 e. The summed E-state index contributed by atoms with van der Waals surface area (Å²) in [5.41, 5.74) is 1.99. The second-order valence-corrected chi connectivity index (χ2v) is 8.16. The molecule has 0 radical (unpaired) electrons. The molecule has 1 aliphatic heterocycles. The molecular formula is C22H34N4O2. The predicted molar refractivity (Wildman–Crippen MR) is 112 cm³/mol. The summed E-state index contributed by atoms with van der Waals surface area (Å²) in [6.07, 6.45) is 4.73. The van der Waals surface area contributed by atoms with Crippen LogP contribution in [0, 0.1) is 12.8 Å². The Hall–Kier alpha value is -2.08. The van der Waals surface area contributed by atoms with Gasteiger partial charge in [-0.05, 0) is 44.7 Å². The molecule has 1 unspecified atom stereocenters. The maximum atomic E-state index is 13.0. The highest BCUT2D eigenvalue weighted by atomic mass is 16.2. The Bertz CT molecular complexity index is 662. The fourth-order valence-electron chi connectivity index (χ4n) is 4.35. The number of aryl methyl sites for hydroxylation is 1. The average Bonchev–Trinajstić information content (AvgIpc) is 3.24. The van der Waals surface area contributed by atoms with Crippen LogP contribution in [-0.2, 0) is 4.79 Å². The Morgan fingerprint density at radius 1 is 1.11 bits per heavy atom. The Morgan fingerprint density at radius 2 is 1.71 bits per heavy atom. The lowest BCUT2D eigenvalue weighted by Crippen LogP contribution is -2.58. The van der Waals surface area contributed by atoms with Crippen molar-refractivity contribution in [2.45, 2.75) is 45.6 Å². The molecule has 0 aromatic heterocycles. The topological polar surface area (TPSA) is 55.9 Å². The predicted octanol–water partition coefficient (Wildman–Crippen LogP) is 3.18. The van der Waals surface area contributed by atoms with Crippen LogP contribution in [0.5, 0.6) is 0 Å². The minimum absolute atomic E-state index is 0.0326. The fourth-order valence-corrected chi connectivity index (χ4v) is 4.35. The number of nitrogens with one attached hydrogen (secondary N) is 1. The van der Waals surface area contributed by atoms with E-state index in [2.05, 4.69) is 10.2 Å². The number of anilines is 1. The number of benzene rings is 1. The van der Waals surface area contributed by atoms with E-state index in [1.165, 1.54) is 18.4 Å². The number of carbonyl (C=O) groups excluding carboxylic acids is 2. The lowest BCUT2D eigenvalue weighted by Gasteiger charge is -2.41. The fraction of sp³-hybridized carbons (Fsp3) is 0.636. The van der Waals surface area contributed by atoms with Crippen LogP contribution in [0.3, 0.4) is 0 Å². The van der Waals surface area contributed by atoms with E-state index in [1.807, 2.05) is 55.0 Å². The molecule has 154 valence electrons. The molecule has 1 aromatic rings. The molecule has 1 atom stereocenters. The number of piperazine rings is 1. The van der Waals surface area contributed by atoms with Crippen molar-refractivity contribution in [2.75, 3.05) is 45.1 Å². The highest BCUT2D eigenvalue weighted by Gasteiger charge is 2.38. The van der Waals surface area contributed by atoms with Crippen LogP contribution in [0.1, 0.15) is 38.2 Å². The number of urea groups is 1. The highest BCUT2D eigenvalue weighted by molar-refractivity contribution is 5.89. The Balaban J connectivity index is 1.59. The van der Waals surface area contributed by atoms with Gasteiger partial charge in [0.05, 0.1) is 6.04 Å². The Labute approximate surface area is 168 Å². The zero-order chi connectivity index (χ0) is 20.1. The lowest BCUT2D eigenvalue weighted by molar-refractivity contribution is -0.138. The average molecular weight is 387 g/mol. The molecule has 3 rings (SSSR count). The summed E-state index contributed by atoms with van der Waals surface area (Å²) in [7, 11) is 1.90. The third kappa shape index (κ3) is 4.85. The summed E-state index contributed by atoms with van der Waals surface area (Å²) in [6, 6.07) is 7.76. The first-order valence-electron chi connectivity index (χ1n) is 10.6. The van der Waals surface area contributed by atoms with Gasteiger partial charge in [0.1, 0.15) is 0 Å². The maximum absolute atomic E-state index is 13.0. The number of hydrogen-bond acceptors (Lipinski definition) is 3. The molecule has 2 fully saturated rings. The maximum Gasteiger partial charge on any atom is 0.321 e. The molecule has 28 heavy (non-hydrogen) atoms. The quantitative estimate of drug-likeness (QED) is 0.846. The molecule has 6 nitrogen and oxygen atoms in total. The molecule has 2 aliphatic rings. The monoisotopic (exact) mass is 386 g/mol. The highest BCUT2D eigenvalue weighted by Crippen LogP contribution is 2.31. The number of rotatable bonds is 5. The number of nitrogens with zero attached hydrogens (tertiary/aromatic N) is 3. The van der Waals surface area contributed by atoms with Gasteiger partial charge >= 0.3 is 6.03 Å². The summed E-state index contributed by atoms with van der Waals surface area (Å²) >= 11 is 0. The van der Waals surface area contributed by atoms with Crippen LogP contribution in [0.2, 0.25) is 0 Å². The van der Waals surface area contributed by atoms with Crippen LogP contribution >= 0.6 is 0 Å². The molecule has 1 saturated heterocycles. The van der Waals surface area contributed by atoms with Crippen molar-refractivity contribution in [3.63, 3.8) is 0 Å². The second-order valence-electron chi connectivity index (χ2n) is 8.16. The van der Waals surface area contributed by atoms with Crippen LogP contribution in [0.15, 0.2) is 24.3 Å². The van der Waals surface area contributed by atoms with E-state index < -0.39 is 0 Å². The molecule has 6 heteroatoms. The van der Waals surface area contributed by atoms with Crippen LogP contribution in [0.25, 0.3) is 0 Å². The normalized spacial score (nSPS) is 19.5. The number of hydrogen-bond donors (Lipinski definition) is 1. The largest absolute Gasteiger partial charge is 0.345 e. The molecule has 1 heterocycles. The standard InChI is InChI=1S/C22H34N4O2/c1-4-24(3)21(27)20(18-7-5-6-8-18)25-13-15-26(16-14-25)22(28)23-19-11-9-17(2)10-12-19/h9-12,18,20H,4-8,13-16H2,1-3H3,(H,23,28). The van der Waals surface area contributed by atoms with Crippen molar-refractivity contribution >= 4 is 17.6 Å². The summed E-state index contributed by atoms with van der Waals surface area (Å²) < 4.78 is 0. The third-order valence-electron chi connectivity index (χ3n) is 6.25. The van der Waals surface area contributed by atoms with E-state index in [0.717, 1.165) is 38.2 Å². The first-order valence-corrected chi connectivity index (χ1v) is 10.6.